The highest BCUT2D eigenvalue weighted by Crippen LogP contribution is 2.71. The summed E-state index contributed by atoms with van der Waals surface area (Å²) in [6.07, 6.45) is 0. The van der Waals surface area contributed by atoms with Crippen molar-refractivity contribution >= 4 is 23.9 Å². The summed E-state index contributed by atoms with van der Waals surface area (Å²) in [6, 6.07) is 27.7. The van der Waals surface area contributed by atoms with Crippen LogP contribution < -0.4 is 0 Å². The van der Waals surface area contributed by atoms with Crippen molar-refractivity contribution in [1.29, 1.82) is 0 Å². The van der Waals surface area contributed by atoms with E-state index in [1.807, 2.05) is 0 Å². The van der Waals surface area contributed by atoms with Crippen LogP contribution in [0.4, 0.5) is 0 Å². The van der Waals surface area contributed by atoms with Gasteiger partial charge in [0.25, 0.3) is 0 Å². The fourth-order valence-corrected chi connectivity index (χ4v) is 8.68. The first-order valence-electron chi connectivity index (χ1n) is 13.5. The van der Waals surface area contributed by atoms with Gasteiger partial charge in [0.1, 0.15) is 0 Å². The lowest BCUT2D eigenvalue weighted by Gasteiger charge is -2.61. The highest BCUT2D eigenvalue weighted by molar-refractivity contribution is 6.00. The summed E-state index contributed by atoms with van der Waals surface area (Å²) in [4.78, 5) is 52.6. The average Bonchev–Trinajstić information content (AvgIpc) is 2.95. The SMILES string of the molecule is O=C(O)C(C(=O)O)C12c3ccccc3C(c3ccccc31)C1(C(C(=O)O)C(=O)O)c3ccccc3C2c2ccccc21. The van der Waals surface area contributed by atoms with Gasteiger partial charge in [-0.05, 0) is 44.5 Å². The van der Waals surface area contributed by atoms with Crippen LogP contribution >= 0.6 is 0 Å². The van der Waals surface area contributed by atoms with Crippen molar-refractivity contribution in [3.05, 3.63) is 142 Å². The van der Waals surface area contributed by atoms with Crippen LogP contribution in [-0.4, -0.2) is 44.3 Å². The predicted octanol–water partition coefficient (Wildman–Crippen LogP) is 4.43. The minimum atomic E-state index is -1.94. The zero-order valence-electron chi connectivity index (χ0n) is 22.0. The Labute approximate surface area is 239 Å². The molecule has 8 nitrogen and oxygen atoms in total. The molecule has 0 fully saturated rings. The third-order valence-corrected chi connectivity index (χ3v) is 9.68. The van der Waals surface area contributed by atoms with Crippen LogP contribution in [0.2, 0.25) is 0 Å². The molecule has 6 aliphatic rings. The van der Waals surface area contributed by atoms with Gasteiger partial charge in [0, 0.05) is 11.8 Å². The molecule has 8 heteroatoms. The Morgan fingerprint density at radius 3 is 0.857 bits per heavy atom. The maximum Gasteiger partial charge on any atom is 0.319 e. The molecule has 4 N–H and O–H groups in total. The molecule has 6 aliphatic carbocycles. The molecule has 0 aromatic heterocycles. The van der Waals surface area contributed by atoms with E-state index >= 15 is 0 Å². The van der Waals surface area contributed by atoms with Crippen molar-refractivity contribution in [2.24, 2.45) is 11.8 Å². The molecule has 42 heavy (non-hydrogen) atoms. The van der Waals surface area contributed by atoms with Crippen molar-refractivity contribution in [1.82, 2.24) is 0 Å². The molecular formula is C34H24O8. The molecule has 0 radical (unpaired) electrons. The first-order valence-corrected chi connectivity index (χ1v) is 13.5. The van der Waals surface area contributed by atoms with E-state index in [1.54, 1.807) is 97.1 Å². The van der Waals surface area contributed by atoms with Gasteiger partial charge < -0.3 is 20.4 Å². The number of hydrogen-bond acceptors (Lipinski definition) is 4. The minimum absolute atomic E-state index is 0.441. The normalized spacial score (nSPS) is 24.1. The van der Waals surface area contributed by atoms with Crippen molar-refractivity contribution in [3.8, 4) is 0 Å². The smallest absolute Gasteiger partial charge is 0.319 e. The van der Waals surface area contributed by atoms with Gasteiger partial charge >= 0.3 is 23.9 Å². The predicted molar refractivity (Wildman–Crippen MR) is 149 cm³/mol. The Morgan fingerprint density at radius 2 is 0.643 bits per heavy atom. The van der Waals surface area contributed by atoms with Gasteiger partial charge in [-0.25, -0.2) is 0 Å². The molecule has 4 aromatic rings. The van der Waals surface area contributed by atoms with Gasteiger partial charge in [0.2, 0.25) is 0 Å². The van der Waals surface area contributed by atoms with Crippen LogP contribution in [0.25, 0.3) is 0 Å². The summed E-state index contributed by atoms with van der Waals surface area (Å²) in [7, 11) is 0. The van der Waals surface area contributed by atoms with Gasteiger partial charge in [-0.1, -0.05) is 97.1 Å². The molecule has 10 rings (SSSR count). The fourth-order valence-electron chi connectivity index (χ4n) is 8.68. The summed E-state index contributed by atoms with van der Waals surface area (Å²) in [5, 5.41) is 42.8. The molecule has 0 heterocycles. The standard InChI is InChI=1S/C34H24O8/c35-29(36)27(30(37)38)33-21-13-5-1-9-17(21)25(18-10-2-6-14-22(18)33)34(28(31(39)40)32(41)42)23-15-7-3-11-19(23)26(33)20-12-4-8-16-24(20)34/h1-16,25-28H,(H,35,36)(H,37,38)(H,39,40)(H,41,42). The molecule has 0 saturated carbocycles. The van der Waals surface area contributed by atoms with Gasteiger partial charge in [0.15, 0.2) is 11.8 Å². The van der Waals surface area contributed by atoms with E-state index in [9.17, 15) is 39.6 Å². The maximum absolute atomic E-state index is 13.2. The monoisotopic (exact) mass is 560 g/mol. The highest BCUT2D eigenvalue weighted by atomic mass is 16.4. The lowest BCUT2D eigenvalue weighted by molar-refractivity contribution is -0.159. The van der Waals surface area contributed by atoms with Crippen LogP contribution in [0.1, 0.15) is 56.3 Å². The number of rotatable bonds is 6. The third kappa shape index (κ3) is 2.81. The van der Waals surface area contributed by atoms with Gasteiger partial charge in [0.05, 0.1) is 10.8 Å². The quantitative estimate of drug-likeness (QED) is 0.253. The first-order chi connectivity index (χ1) is 20.2. The molecule has 4 bridgehead atoms. The molecule has 208 valence electrons. The number of benzene rings is 4. The van der Waals surface area contributed by atoms with E-state index < -0.39 is 58.4 Å². The van der Waals surface area contributed by atoms with Crippen molar-refractivity contribution < 1.29 is 39.6 Å². The van der Waals surface area contributed by atoms with E-state index in [-0.39, 0.29) is 0 Å². The van der Waals surface area contributed by atoms with Gasteiger partial charge in [-0.15, -0.1) is 0 Å². The van der Waals surface area contributed by atoms with Crippen LogP contribution in [-0.2, 0) is 30.0 Å². The molecule has 0 unspecified atom stereocenters. The highest BCUT2D eigenvalue weighted by Gasteiger charge is 2.70. The van der Waals surface area contributed by atoms with Gasteiger partial charge in [-0.3, -0.25) is 19.2 Å². The fraction of sp³-hybridized carbons (Fsp3) is 0.176. The van der Waals surface area contributed by atoms with E-state index in [0.717, 1.165) is 0 Å². The van der Waals surface area contributed by atoms with E-state index in [2.05, 4.69) is 0 Å². The molecule has 0 aliphatic heterocycles. The van der Waals surface area contributed by atoms with Crippen LogP contribution in [0, 0.1) is 11.8 Å². The Morgan fingerprint density at radius 1 is 0.429 bits per heavy atom. The summed E-state index contributed by atoms with van der Waals surface area (Å²) in [6.45, 7) is 0. The zero-order chi connectivity index (χ0) is 29.6. The molecule has 0 spiro atoms. The van der Waals surface area contributed by atoms with E-state index in [0.29, 0.717) is 44.5 Å². The number of carboxylic acids is 4. The second-order valence-electron chi connectivity index (χ2n) is 11.2. The average molecular weight is 561 g/mol. The summed E-state index contributed by atoms with van der Waals surface area (Å²) < 4.78 is 0. The summed E-state index contributed by atoms with van der Waals surface area (Å²) >= 11 is 0. The second-order valence-corrected chi connectivity index (χ2v) is 11.2. The number of carbonyl (C=O) groups is 4. The topological polar surface area (TPSA) is 149 Å². The van der Waals surface area contributed by atoms with Crippen LogP contribution in [0.3, 0.4) is 0 Å². The molecule has 0 saturated heterocycles. The zero-order valence-corrected chi connectivity index (χ0v) is 22.0. The molecular weight excluding hydrogens is 536 g/mol. The summed E-state index contributed by atoms with van der Waals surface area (Å²) in [5.41, 5.74) is 0.510. The lowest BCUT2D eigenvalue weighted by atomic mass is 9.39. The Kier molecular flexibility index (Phi) is 5.28. The Balaban J connectivity index is 1.83. The van der Waals surface area contributed by atoms with Crippen LogP contribution in [0.5, 0.6) is 0 Å². The van der Waals surface area contributed by atoms with Crippen LogP contribution in [0.15, 0.2) is 97.1 Å². The Bertz CT molecular complexity index is 1600. The number of carboxylic acid groups (broad SMARTS) is 4. The first kappa shape index (κ1) is 25.7. The largest absolute Gasteiger partial charge is 0.481 e. The van der Waals surface area contributed by atoms with Crippen molar-refractivity contribution in [2.75, 3.05) is 0 Å². The minimum Gasteiger partial charge on any atom is -0.481 e. The second kappa shape index (κ2) is 8.63. The molecule has 0 amide bonds. The maximum atomic E-state index is 13.2. The van der Waals surface area contributed by atoms with Crippen molar-refractivity contribution in [2.45, 2.75) is 22.7 Å². The van der Waals surface area contributed by atoms with Crippen molar-refractivity contribution in [3.63, 3.8) is 0 Å². The van der Waals surface area contributed by atoms with Gasteiger partial charge in [-0.2, -0.15) is 0 Å². The van der Waals surface area contributed by atoms with E-state index in [4.69, 9.17) is 0 Å². The molecule has 0 atom stereocenters. The Hall–Kier alpha value is -5.24. The van der Waals surface area contributed by atoms with E-state index in [1.165, 1.54) is 0 Å². The summed E-state index contributed by atoms with van der Waals surface area (Å²) in [5.74, 6) is -11.7. The third-order valence-electron chi connectivity index (χ3n) is 9.68. The molecule has 4 aromatic carbocycles. The lowest BCUT2D eigenvalue weighted by Crippen LogP contribution is -2.61. The number of aliphatic carboxylic acids is 4. The number of hydrogen-bond donors (Lipinski definition) is 4.